The molecule has 7 nitrogen and oxygen atoms in total. The fraction of sp³-hybridized carbons (Fsp3) is 0. The van der Waals surface area contributed by atoms with Gasteiger partial charge in [-0.05, 0) is 129 Å². The normalized spacial score (nSPS) is 11.9. The van der Waals surface area contributed by atoms with Crippen LogP contribution in [0.5, 0.6) is 0 Å². The molecule has 0 unspecified atom stereocenters. The summed E-state index contributed by atoms with van der Waals surface area (Å²) in [5.41, 5.74) is 20.4. The molecule has 0 radical (unpaired) electrons. The van der Waals surface area contributed by atoms with Gasteiger partial charge in [-0.3, -0.25) is 9.13 Å². The second-order valence-electron chi connectivity index (χ2n) is 22.7. The number of fused-ring (bicyclic) bond motifs is 12. The molecule has 7 heteroatoms. The maximum absolute atomic E-state index is 5.77. The number of rotatable bonds is 9. The lowest BCUT2D eigenvalue weighted by atomic mass is 9.91. The first-order chi connectivity index (χ1) is 43.7. The van der Waals surface area contributed by atoms with Crippen LogP contribution >= 0.6 is 0 Å². The SMILES string of the molecule is c1ccc(-c2cccc(-c3ccccc3)c2-c2nc(-n3c4ccccc4c4ccc(-c5ccc6c(c5)c5ccccc5n6-c5ccccc5)cc43)nc(-n3c4ccccc4c4ccc(-c5ccc6c(c5)c5ccccc5n6-c5ccccc5)cc43)n2)cc1. The molecule has 18 rings (SSSR count). The van der Waals surface area contributed by atoms with Crippen molar-refractivity contribution in [2.45, 2.75) is 0 Å². The molecule has 0 aliphatic carbocycles. The first-order valence-electron chi connectivity index (χ1n) is 29.9. The molecule has 0 saturated heterocycles. The van der Waals surface area contributed by atoms with E-state index in [4.69, 9.17) is 15.0 Å². The summed E-state index contributed by atoms with van der Waals surface area (Å²) in [7, 11) is 0. The summed E-state index contributed by atoms with van der Waals surface area (Å²) < 4.78 is 9.26. The van der Waals surface area contributed by atoms with Crippen LogP contribution in [0.1, 0.15) is 0 Å². The van der Waals surface area contributed by atoms with Crippen LogP contribution in [0.25, 0.3) is 166 Å². The van der Waals surface area contributed by atoms with Crippen LogP contribution in [0.15, 0.2) is 309 Å². The molecule has 0 aliphatic rings. The highest BCUT2D eigenvalue weighted by atomic mass is 15.3. The summed E-state index contributed by atoms with van der Waals surface area (Å²) in [6, 6.07) is 111. The highest BCUT2D eigenvalue weighted by Crippen LogP contribution is 2.44. The minimum absolute atomic E-state index is 0.508. The smallest absolute Gasteiger partial charge is 0.240 e. The third-order valence-electron chi connectivity index (χ3n) is 17.9. The Morgan fingerprint density at radius 3 is 0.932 bits per heavy atom. The van der Waals surface area contributed by atoms with Gasteiger partial charge in [0, 0.05) is 60.0 Å². The van der Waals surface area contributed by atoms with E-state index in [0.717, 1.165) is 116 Å². The zero-order chi connectivity index (χ0) is 57.8. The van der Waals surface area contributed by atoms with Gasteiger partial charge in [-0.2, -0.15) is 15.0 Å². The number of benzene rings is 13. The van der Waals surface area contributed by atoms with Gasteiger partial charge in [0.05, 0.1) is 44.1 Å². The van der Waals surface area contributed by atoms with Gasteiger partial charge in [0.15, 0.2) is 5.82 Å². The predicted molar refractivity (Wildman–Crippen MR) is 364 cm³/mol. The molecule has 0 aliphatic heterocycles. The van der Waals surface area contributed by atoms with Crippen LogP contribution in [0.4, 0.5) is 0 Å². The maximum atomic E-state index is 5.77. The van der Waals surface area contributed by atoms with Crippen molar-refractivity contribution < 1.29 is 0 Å². The van der Waals surface area contributed by atoms with Crippen LogP contribution < -0.4 is 0 Å². The van der Waals surface area contributed by atoms with Gasteiger partial charge in [-0.15, -0.1) is 0 Å². The van der Waals surface area contributed by atoms with E-state index in [1.165, 1.54) is 32.6 Å². The van der Waals surface area contributed by atoms with E-state index in [1.54, 1.807) is 0 Å². The zero-order valence-corrected chi connectivity index (χ0v) is 47.6. The van der Waals surface area contributed by atoms with E-state index in [-0.39, 0.29) is 0 Å². The van der Waals surface area contributed by atoms with Crippen molar-refractivity contribution in [1.29, 1.82) is 0 Å². The highest BCUT2D eigenvalue weighted by molar-refractivity contribution is 6.14. The van der Waals surface area contributed by atoms with E-state index >= 15 is 0 Å². The Morgan fingerprint density at radius 1 is 0.193 bits per heavy atom. The Hall–Kier alpha value is -11.9. The number of aromatic nitrogens is 7. The predicted octanol–water partition coefficient (Wildman–Crippen LogP) is 20.6. The van der Waals surface area contributed by atoms with Crippen LogP contribution in [0.2, 0.25) is 0 Å². The topological polar surface area (TPSA) is 58.4 Å². The molecule has 13 aromatic carbocycles. The Labute approximate surface area is 506 Å². The summed E-state index contributed by atoms with van der Waals surface area (Å²) in [6.45, 7) is 0. The third-order valence-corrected chi connectivity index (χ3v) is 17.9. The van der Waals surface area contributed by atoms with Crippen LogP contribution in [0, 0.1) is 0 Å². The Kier molecular flexibility index (Phi) is 11.2. The largest absolute Gasteiger partial charge is 0.309 e. The molecule has 88 heavy (non-hydrogen) atoms. The van der Waals surface area contributed by atoms with E-state index in [1.807, 2.05) is 0 Å². The summed E-state index contributed by atoms with van der Waals surface area (Å²) in [4.78, 5) is 17.3. The molecule has 5 heterocycles. The second kappa shape index (κ2) is 19.8. The van der Waals surface area contributed by atoms with Gasteiger partial charge in [0.1, 0.15) is 0 Å². The molecule has 18 aromatic rings. The third kappa shape index (κ3) is 7.74. The van der Waals surface area contributed by atoms with E-state index in [9.17, 15) is 0 Å². The van der Waals surface area contributed by atoms with Crippen molar-refractivity contribution in [3.63, 3.8) is 0 Å². The molecule has 0 amide bonds. The summed E-state index contributed by atoms with van der Waals surface area (Å²) >= 11 is 0. The maximum Gasteiger partial charge on any atom is 0.240 e. The van der Waals surface area contributed by atoms with Crippen molar-refractivity contribution in [3.05, 3.63) is 309 Å². The Balaban J connectivity index is 0.894. The van der Waals surface area contributed by atoms with Crippen LogP contribution in [-0.4, -0.2) is 33.2 Å². The quantitative estimate of drug-likeness (QED) is 0.145. The molecular weight excluding hydrogens is 1070 g/mol. The summed E-state index contributed by atoms with van der Waals surface area (Å²) in [6.07, 6.45) is 0. The van der Waals surface area contributed by atoms with Crippen molar-refractivity contribution in [1.82, 2.24) is 33.2 Å². The van der Waals surface area contributed by atoms with Gasteiger partial charge in [0.25, 0.3) is 0 Å². The van der Waals surface area contributed by atoms with Crippen LogP contribution in [-0.2, 0) is 0 Å². The molecule has 0 spiro atoms. The number of nitrogens with zero attached hydrogens (tertiary/aromatic N) is 7. The minimum atomic E-state index is 0.508. The number of para-hydroxylation sites is 6. The molecule has 0 saturated carbocycles. The molecule has 410 valence electrons. The van der Waals surface area contributed by atoms with Gasteiger partial charge in [-0.25, -0.2) is 0 Å². The second-order valence-corrected chi connectivity index (χ2v) is 22.7. The highest BCUT2D eigenvalue weighted by Gasteiger charge is 2.25. The molecule has 0 bridgehead atoms. The van der Waals surface area contributed by atoms with Gasteiger partial charge in [0.2, 0.25) is 11.9 Å². The van der Waals surface area contributed by atoms with Gasteiger partial charge >= 0.3 is 0 Å². The van der Waals surface area contributed by atoms with E-state index in [0.29, 0.717) is 17.7 Å². The Morgan fingerprint density at radius 2 is 0.511 bits per heavy atom. The van der Waals surface area contributed by atoms with Crippen LogP contribution in [0.3, 0.4) is 0 Å². The first-order valence-corrected chi connectivity index (χ1v) is 29.9. The van der Waals surface area contributed by atoms with Crippen molar-refractivity contribution >= 4 is 87.2 Å². The van der Waals surface area contributed by atoms with Gasteiger partial charge < -0.3 is 9.13 Å². The fourth-order valence-electron chi connectivity index (χ4n) is 13.9. The minimum Gasteiger partial charge on any atom is -0.309 e. The molecular formula is C81H51N7. The van der Waals surface area contributed by atoms with E-state index in [2.05, 4.69) is 328 Å². The number of hydrogen-bond donors (Lipinski definition) is 0. The van der Waals surface area contributed by atoms with Crippen molar-refractivity contribution in [2.24, 2.45) is 0 Å². The average Bonchev–Trinajstić information content (AvgIpc) is 1.72. The molecule has 0 atom stereocenters. The zero-order valence-electron chi connectivity index (χ0n) is 47.6. The lowest BCUT2D eigenvalue weighted by Crippen LogP contribution is -2.11. The number of hydrogen-bond acceptors (Lipinski definition) is 3. The molecule has 5 aromatic heterocycles. The first kappa shape index (κ1) is 49.5. The Bertz CT molecular complexity index is 5440. The lowest BCUT2D eigenvalue weighted by Gasteiger charge is -2.17. The van der Waals surface area contributed by atoms with E-state index < -0.39 is 0 Å². The van der Waals surface area contributed by atoms with Crippen molar-refractivity contribution in [2.75, 3.05) is 0 Å². The van der Waals surface area contributed by atoms with Gasteiger partial charge in [-0.1, -0.05) is 224 Å². The lowest BCUT2D eigenvalue weighted by molar-refractivity contribution is 0.893. The standard InChI is InChI=1S/C81H51N7/c1-5-22-52(23-6-1)60-34-21-35-61(53-24-7-2-8-25-53)78(60)79-82-80(87-72-38-19-13-30-62(72)66-44-40-56(50-76(66)87)54-42-46-74-68(48-54)64-32-15-17-36-70(64)85(74)58-26-9-3-10-27-58)84-81(83-79)88-73-39-20-14-31-63(73)67-45-41-57(51-77(67)88)55-43-47-75-69(49-55)65-33-16-18-37-71(65)86(75)59-28-11-4-12-29-59/h1-51H. The fourth-order valence-corrected chi connectivity index (χ4v) is 13.9. The average molecular weight is 1120 g/mol. The summed E-state index contributed by atoms with van der Waals surface area (Å²) in [5, 5.41) is 9.22. The monoisotopic (exact) mass is 1120 g/mol. The molecule has 0 fully saturated rings. The molecule has 0 N–H and O–H groups in total. The summed E-state index contributed by atoms with van der Waals surface area (Å²) in [5.74, 6) is 1.57. The van der Waals surface area contributed by atoms with Crippen molar-refractivity contribution in [3.8, 4) is 79.2 Å².